The van der Waals surface area contributed by atoms with Crippen molar-refractivity contribution in [1.82, 2.24) is 14.7 Å². The summed E-state index contributed by atoms with van der Waals surface area (Å²) in [4.78, 5) is 22.9. The van der Waals surface area contributed by atoms with Crippen molar-refractivity contribution < 1.29 is 14.6 Å². The summed E-state index contributed by atoms with van der Waals surface area (Å²) in [6, 6.07) is 15.3. The molecule has 1 aliphatic rings. The van der Waals surface area contributed by atoms with Crippen LogP contribution in [-0.2, 0) is 10.3 Å². The van der Waals surface area contributed by atoms with Crippen LogP contribution in [0.5, 0.6) is 0 Å². The van der Waals surface area contributed by atoms with Crippen LogP contribution >= 0.6 is 34.9 Å². The van der Waals surface area contributed by atoms with Crippen LogP contribution in [0.25, 0.3) is 21.3 Å². The van der Waals surface area contributed by atoms with Crippen LogP contribution in [0, 0.1) is 0 Å². The van der Waals surface area contributed by atoms with Gasteiger partial charge in [-0.05, 0) is 88.2 Å². The average molecular weight is 611 g/mol. The predicted octanol–water partition coefficient (Wildman–Crippen LogP) is 8.47. The number of halogens is 1. The molecule has 5 rings (SSSR count). The van der Waals surface area contributed by atoms with E-state index >= 15 is 0 Å². The standard InChI is InChI=1S/C31H35ClN4O3S2/c1-6-31(5,38)19-14-15-33-23(17-19)21-9-7-8-18-16-24(40-28(18)21)27(36-41-20-10-11-20)26-22(32)12-13-25(34-26)35-29(37)39-30(2,3)4/h7-9,12-17,20,27,36,38H,6,10-11H2,1-5H3,(H,34,35,37). The second-order valence-corrected chi connectivity index (χ2v) is 14.1. The highest BCUT2D eigenvalue weighted by molar-refractivity contribution is 7.98. The Balaban J connectivity index is 1.53. The molecule has 0 aliphatic heterocycles. The molecule has 0 bridgehead atoms. The topological polar surface area (TPSA) is 96.4 Å². The third-order valence-electron chi connectivity index (χ3n) is 6.85. The number of nitrogens with zero attached hydrogens (tertiary/aromatic N) is 2. The van der Waals surface area contributed by atoms with E-state index in [9.17, 15) is 9.90 Å². The molecule has 3 N–H and O–H groups in total. The number of hydrogen-bond donors (Lipinski definition) is 3. The number of ether oxygens (including phenoxy) is 1. The van der Waals surface area contributed by atoms with E-state index in [0.29, 0.717) is 28.2 Å². The largest absolute Gasteiger partial charge is 0.444 e. The molecule has 0 saturated heterocycles. The molecular formula is C31H35ClN4O3S2. The van der Waals surface area contributed by atoms with Gasteiger partial charge in [0.1, 0.15) is 11.4 Å². The van der Waals surface area contributed by atoms with E-state index in [4.69, 9.17) is 21.3 Å². The number of aliphatic hydroxyl groups is 1. The van der Waals surface area contributed by atoms with Crippen LogP contribution in [-0.4, -0.2) is 32.0 Å². The Labute approximate surface area is 254 Å². The van der Waals surface area contributed by atoms with Gasteiger partial charge in [-0.2, -0.15) is 0 Å². The Kier molecular flexibility index (Phi) is 8.64. The van der Waals surface area contributed by atoms with Crippen molar-refractivity contribution in [1.29, 1.82) is 0 Å². The number of amides is 1. The molecule has 10 heteroatoms. The monoisotopic (exact) mass is 610 g/mol. The van der Waals surface area contributed by atoms with Gasteiger partial charge in [0.25, 0.3) is 0 Å². The highest BCUT2D eigenvalue weighted by Gasteiger charge is 2.28. The number of carbonyl (C=O) groups excluding carboxylic acids is 1. The van der Waals surface area contributed by atoms with E-state index < -0.39 is 17.3 Å². The molecule has 7 nitrogen and oxygen atoms in total. The predicted molar refractivity (Wildman–Crippen MR) is 170 cm³/mol. The number of fused-ring (bicyclic) bond motifs is 1. The molecule has 1 aliphatic carbocycles. The highest BCUT2D eigenvalue weighted by Crippen LogP contribution is 2.42. The lowest BCUT2D eigenvalue weighted by atomic mass is 9.93. The number of pyridine rings is 2. The smallest absolute Gasteiger partial charge is 0.413 e. The number of carbonyl (C=O) groups is 1. The third-order valence-corrected chi connectivity index (χ3v) is 9.59. The lowest BCUT2D eigenvalue weighted by Gasteiger charge is -2.22. The summed E-state index contributed by atoms with van der Waals surface area (Å²) in [6.07, 6.45) is 4.13. The Bertz CT molecular complexity index is 1560. The zero-order valence-electron chi connectivity index (χ0n) is 23.8. The third kappa shape index (κ3) is 7.21. The summed E-state index contributed by atoms with van der Waals surface area (Å²) in [5.74, 6) is 0.368. The van der Waals surface area contributed by atoms with Crippen LogP contribution in [0.4, 0.5) is 10.6 Å². The van der Waals surface area contributed by atoms with Gasteiger partial charge < -0.3 is 9.84 Å². The number of aromatic nitrogens is 2. The van der Waals surface area contributed by atoms with Crippen molar-refractivity contribution in [2.75, 3.05) is 5.32 Å². The quantitative estimate of drug-likeness (QED) is 0.164. The summed E-state index contributed by atoms with van der Waals surface area (Å²) in [7, 11) is 0. The fourth-order valence-corrected chi connectivity index (χ4v) is 6.75. The Morgan fingerprint density at radius 1 is 1.20 bits per heavy atom. The van der Waals surface area contributed by atoms with Crippen LogP contribution in [0.3, 0.4) is 0 Å². The molecule has 4 aromatic rings. The van der Waals surface area contributed by atoms with Gasteiger partial charge in [-0.1, -0.05) is 48.7 Å². The molecule has 0 spiro atoms. The van der Waals surface area contributed by atoms with Gasteiger partial charge in [0.15, 0.2) is 0 Å². The molecule has 3 heterocycles. The van der Waals surface area contributed by atoms with Crippen molar-refractivity contribution in [2.45, 2.75) is 76.4 Å². The molecular weight excluding hydrogens is 576 g/mol. The Hall–Kier alpha value is -2.69. The minimum Gasteiger partial charge on any atom is -0.444 e. The molecule has 0 radical (unpaired) electrons. The number of hydrogen-bond acceptors (Lipinski definition) is 8. The Morgan fingerprint density at radius 3 is 2.68 bits per heavy atom. The maximum absolute atomic E-state index is 12.4. The summed E-state index contributed by atoms with van der Waals surface area (Å²) >= 11 is 10.1. The first kappa shape index (κ1) is 29.8. The zero-order valence-corrected chi connectivity index (χ0v) is 26.2. The molecule has 3 aromatic heterocycles. The van der Waals surface area contributed by atoms with E-state index in [2.05, 4.69) is 33.2 Å². The van der Waals surface area contributed by atoms with Crippen LogP contribution in [0.15, 0.2) is 54.7 Å². The first-order valence-corrected chi connectivity index (χ1v) is 15.8. The summed E-state index contributed by atoms with van der Waals surface area (Å²) < 4.78 is 10.1. The Morgan fingerprint density at radius 2 is 1.98 bits per heavy atom. The maximum atomic E-state index is 12.4. The number of anilines is 1. The minimum atomic E-state index is -0.929. The highest BCUT2D eigenvalue weighted by atomic mass is 35.5. The number of thiophene rings is 1. The fourth-order valence-electron chi connectivity index (χ4n) is 4.28. The van der Waals surface area contributed by atoms with Crippen molar-refractivity contribution in [3.05, 3.63) is 75.9 Å². The van der Waals surface area contributed by atoms with Crippen LogP contribution in [0.1, 0.15) is 76.1 Å². The molecule has 216 valence electrons. The van der Waals surface area contributed by atoms with E-state index in [1.165, 1.54) is 12.8 Å². The van der Waals surface area contributed by atoms with Gasteiger partial charge in [0.05, 0.1) is 28.1 Å². The van der Waals surface area contributed by atoms with Gasteiger partial charge in [0, 0.05) is 26.6 Å². The summed E-state index contributed by atoms with van der Waals surface area (Å²) in [5, 5.41) is 15.7. The normalized spacial score (nSPS) is 15.9. The minimum absolute atomic E-state index is 0.307. The maximum Gasteiger partial charge on any atom is 0.413 e. The fraction of sp³-hybridized carbons (Fsp3) is 0.387. The zero-order chi connectivity index (χ0) is 29.4. The van der Waals surface area contributed by atoms with Crippen molar-refractivity contribution >= 4 is 56.9 Å². The van der Waals surface area contributed by atoms with Crippen LogP contribution < -0.4 is 10.0 Å². The van der Waals surface area contributed by atoms with Gasteiger partial charge in [0.2, 0.25) is 0 Å². The number of nitrogens with one attached hydrogen (secondary N) is 2. The van der Waals surface area contributed by atoms with E-state index in [1.54, 1.807) is 41.6 Å². The molecule has 2 atom stereocenters. The SMILES string of the molecule is CCC(C)(O)c1ccnc(-c2cccc3cc(C(NSC4CC4)c4nc(NC(=O)OC(C)(C)C)ccc4Cl)sc23)c1. The second-order valence-electron chi connectivity index (χ2n) is 11.5. The molecule has 1 aromatic carbocycles. The van der Waals surface area contributed by atoms with Gasteiger partial charge in [-0.25, -0.2) is 14.5 Å². The molecule has 41 heavy (non-hydrogen) atoms. The first-order chi connectivity index (χ1) is 19.4. The molecule has 1 saturated carbocycles. The number of benzene rings is 1. The first-order valence-electron chi connectivity index (χ1n) is 13.7. The van der Waals surface area contributed by atoms with Crippen molar-refractivity contribution in [2.24, 2.45) is 0 Å². The van der Waals surface area contributed by atoms with Crippen molar-refractivity contribution in [3.63, 3.8) is 0 Å². The van der Waals surface area contributed by atoms with E-state index in [0.717, 1.165) is 31.8 Å². The van der Waals surface area contributed by atoms with Gasteiger partial charge in [-0.15, -0.1) is 11.3 Å². The van der Waals surface area contributed by atoms with E-state index in [-0.39, 0.29) is 6.04 Å². The number of rotatable bonds is 9. The lowest BCUT2D eigenvalue weighted by molar-refractivity contribution is 0.0530. The van der Waals surface area contributed by atoms with Crippen molar-refractivity contribution in [3.8, 4) is 11.3 Å². The van der Waals surface area contributed by atoms with Crippen LogP contribution in [0.2, 0.25) is 5.02 Å². The lowest BCUT2D eigenvalue weighted by Crippen LogP contribution is -2.27. The van der Waals surface area contributed by atoms with Gasteiger partial charge in [-0.3, -0.25) is 10.3 Å². The molecule has 1 fully saturated rings. The summed E-state index contributed by atoms with van der Waals surface area (Å²) in [5.41, 5.74) is 1.72. The second kappa shape index (κ2) is 11.9. The summed E-state index contributed by atoms with van der Waals surface area (Å²) in [6.45, 7) is 9.24. The average Bonchev–Trinajstić information content (AvgIpc) is 3.65. The molecule has 1 amide bonds. The van der Waals surface area contributed by atoms with E-state index in [1.807, 2.05) is 52.8 Å². The molecule has 2 unspecified atom stereocenters. The van der Waals surface area contributed by atoms with Gasteiger partial charge >= 0.3 is 6.09 Å².